The summed E-state index contributed by atoms with van der Waals surface area (Å²) < 4.78 is 27.4. The Bertz CT molecular complexity index is 975. The summed E-state index contributed by atoms with van der Waals surface area (Å²) in [5.74, 6) is -0.431. The number of carbonyl (C=O) groups is 1. The molecule has 0 aliphatic rings. The van der Waals surface area contributed by atoms with E-state index in [4.69, 9.17) is 0 Å². The van der Waals surface area contributed by atoms with Crippen LogP contribution in [0.2, 0.25) is 0 Å². The van der Waals surface area contributed by atoms with Gasteiger partial charge >= 0.3 is 0 Å². The highest BCUT2D eigenvalue weighted by atomic mass is 32.2. The number of pyridine rings is 1. The van der Waals surface area contributed by atoms with Gasteiger partial charge < -0.3 is 5.32 Å². The summed E-state index contributed by atoms with van der Waals surface area (Å²) in [5.41, 5.74) is 0.937. The molecule has 2 N–H and O–H groups in total. The Kier molecular flexibility index (Phi) is 4.76. The third-order valence-corrected chi connectivity index (χ3v) is 4.77. The average molecular weight is 353 g/mol. The fourth-order valence-corrected chi connectivity index (χ4v) is 3.31. The molecule has 0 radical (unpaired) electrons. The zero-order valence-corrected chi connectivity index (χ0v) is 13.9. The minimum atomic E-state index is -3.78. The smallest absolute Gasteiger partial charge is 0.261 e. The van der Waals surface area contributed by atoms with E-state index in [1.165, 1.54) is 18.3 Å². The number of hydrogen-bond acceptors (Lipinski definition) is 4. The highest BCUT2D eigenvalue weighted by molar-refractivity contribution is 7.92. The lowest BCUT2D eigenvalue weighted by Gasteiger charge is -2.12. The predicted octanol–water partition coefficient (Wildman–Crippen LogP) is 3.13. The zero-order chi connectivity index (χ0) is 17.7. The van der Waals surface area contributed by atoms with E-state index in [0.29, 0.717) is 5.69 Å². The number of anilines is 2. The number of aromatic nitrogens is 1. The second-order valence-corrected chi connectivity index (χ2v) is 6.84. The molecule has 3 rings (SSSR count). The maximum Gasteiger partial charge on any atom is 0.261 e. The van der Waals surface area contributed by atoms with Crippen LogP contribution < -0.4 is 10.0 Å². The summed E-state index contributed by atoms with van der Waals surface area (Å²) in [4.78, 5) is 16.5. The SMILES string of the molecule is O=C(Nc1cccnc1)c1ccccc1NS(=O)(=O)c1ccccc1. The summed E-state index contributed by atoms with van der Waals surface area (Å²) >= 11 is 0. The van der Waals surface area contributed by atoms with Crippen LogP contribution in [0.25, 0.3) is 0 Å². The van der Waals surface area contributed by atoms with Crippen LogP contribution in [-0.4, -0.2) is 19.3 Å². The molecule has 0 aliphatic heterocycles. The number of sulfonamides is 1. The first kappa shape index (κ1) is 16.7. The van der Waals surface area contributed by atoms with Crippen molar-refractivity contribution in [3.05, 3.63) is 84.7 Å². The van der Waals surface area contributed by atoms with Gasteiger partial charge in [0.05, 0.1) is 28.0 Å². The molecule has 1 heterocycles. The Hall–Kier alpha value is -3.19. The molecule has 6 nitrogen and oxygen atoms in total. The molecule has 1 amide bonds. The first-order valence-electron chi connectivity index (χ1n) is 7.44. The normalized spacial score (nSPS) is 10.9. The van der Waals surface area contributed by atoms with Crippen molar-refractivity contribution in [3.63, 3.8) is 0 Å². The summed E-state index contributed by atoms with van der Waals surface area (Å²) in [5, 5.41) is 2.69. The van der Waals surface area contributed by atoms with Gasteiger partial charge in [-0.2, -0.15) is 0 Å². The predicted molar refractivity (Wildman–Crippen MR) is 95.9 cm³/mol. The van der Waals surface area contributed by atoms with E-state index in [9.17, 15) is 13.2 Å². The number of rotatable bonds is 5. The summed E-state index contributed by atoms with van der Waals surface area (Å²) in [6, 6.07) is 17.8. The van der Waals surface area contributed by atoms with E-state index in [-0.39, 0.29) is 16.1 Å². The van der Waals surface area contributed by atoms with Gasteiger partial charge in [-0.25, -0.2) is 8.42 Å². The molecular formula is C18H15N3O3S. The van der Waals surface area contributed by atoms with E-state index < -0.39 is 15.9 Å². The fraction of sp³-hybridized carbons (Fsp3) is 0. The molecule has 0 saturated heterocycles. The van der Waals surface area contributed by atoms with Crippen molar-refractivity contribution in [1.29, 1.82) is 0 Å². The van der Waals surface area contributed by atoms with Crippen LogP contribution in [0.5, 0.6) is 0 Å². The van der Waals surface area contributed by atoms with Crippen LogP contribution in [0.1, 0.15) is 10.4 Å². The van der Waals surface area contributed by atoms with Gasteiger partial charge in [0.2, 0.25) is 0 Å². The van der Waals surface area contributed by atoms with Crippen molar-refractivity contribution >= 4 is 27.3 Å². The van der Waals surface area contributed by atoms with Gasteiger partial charge in [-0.05, 0) is 36.4 Å². The molecule has 7 heteroatoms. The van der Waals surface area contributed by atoms with Crippen LogP contribution >= 0.6 is 0 Å². The third kappa shape index (κ3) is 4.02. The molecule has 1 aromatic heterocycles. The number of nitrogens with zero attached hydrogens (tertiary/aromatic N) is 1. The lowest BCUT2D eigenvalue weighted by Crippen LogP contribution is -2.18. The number of carbonyl (C=O) groups excluding carboxylic acids is 1. The van der Waals surface area contributed by atoms with Crippen molar-refractivity contribution in [2.75, 3.05) is 10.0 Å². The molecule has 0 atom stereocenters. The lowest BCUT2D eigenvalue weighted by atomic mass is 10.1. The number of para-hydroxylation sites is 1. The molecule has 2 aromatic carbocycles. The van der Waals surface area contributed by atoms with E-state index in [2.05, 4.69) is 15.0 Å². The Morgan fingerprint density at radius 2 is 1.60 bits per heavy atom. The Labute approximate surface area is 145 Å². The van der Waals surface area contributed by atoms with Gasteiger partial charge in [0.25, 0.3) is 15.9 Å². The lowest BCUT2D eigenvalue weighted by molar-refractivity contribution is 0.102. The Morgan fingerprint density at radius 1 is 0.880 bits per heavy atom. The number of benzene rings is 2. The molecule has 0 bridgehead atoms. The maximum absolute atomic E-state index is 12.5. The van der Waals surface area contributed by atoms with Gasteiger partial charge in [-0.15, -0.1) is 0 Å². The zero-order valence-electron chi connectivity index (χ0n) is 13.1. The Balaban J connectivity index is 1.88. The van der Waals surface area contributed by atoms with Gasteiger partial charge in [-0.3, -0.25) is 14.5 Å². The van der Waals surface area contributed by atoms with Gasteiger partial charge in [0, 0.05) is 6.20 Å². The fourth-order valence-electron chi connectivity index (χ4n) is 2.21. The maximum atomic E-state index is 12.5. The van der Waals surface area contributed by atoms with Crippen molar-refractivity contribution in [2.24, 2.45) is 0 Å². The molecule has 0 unspecified atom stereocenters. The highest BCUT2D eigenvalue weighted by Gasteiger charge is 2.18. The molecule has 25 heavy (non-hydrogen) atoms. The van der Waals surface area contributed by atoms with E-state index in [1.54, 1.807) is 60.8 Å². The molecular weight excluding hydrogens is 338 g/mol. The van der Waals surface area contributed by atoms with Crippen LogP contribution in [0.4, 0.5) is 11.4 Å². The average Bonchev–Trinajstić information content (AvgIpc) is 2.63. The number of hydrogen-bond donors (Lipinski definition) is 2. The largest absolute Gasteiger partial charge is 0.321 e. The van der Waals surface area contributed by atoms with E-state index >= 15 is 0 Å². The second-order valence-electron chi connectivity index (χ2n) is 5.16. The van der Waals surface area contributed by atoms with Gasteiger partial charge in [0.15, 0.2) is 0 Å². The minimum Gasteiger partial charge on any atom is -0.321 e. The Morgan fingerprint density at radius 3 is 2.32 bits per heavy atom. The standard InChI is InChI=1S/C18H15N3O3S/c22-18(20-14-7-6-12-19-13-14)16-10-4-5-11-17(16)21-25(23,24)15-8-2-1-3-9-15/h1-13,21H,(H,20,22). The third-order valence-electron chi connectivity index (χ3n) is 3.39. The van der Waals surface area contributed by atoms with Crippen LogP contribution in [0.15, 0.2) is 84.0 Å². The van der Waals surface area contributed by atoms with E-state index in [1.807, 2.05) is 0 Å². The van der Waals surface area contributed by atoms with Crippen molar-refractivity contribution in [1.82, 2.24) is 4.98 Å². The first-order chi connectivity index (χ1) is 12.1. The monoisotopic (exact) mass is 353 g/mol. The summed E-state index contributed by atoms with van der Waals surface area (Å²) in [6.07, 6.45) is 3.10. The minimum absolute atomic E-state index is 0.123. The topological polar surface area (TPSA) is 88.2 Å². The number of nitrogens with one attached hydrogen (secondary N) is 2. The molecule has 3 aromatic rings. The molecule has 126 valence electrons. The van der Waals surface area contributed by atoms with Gasteiger partial charge in [0.1, 0.15) is 0 Å². The highest BCUT2D eigenvalue weighted by Crippen LogP contribution is 2.21. The van der Waals surface area contributed by atoms with Crippen molar-refractivity contribution < 1.29 is 13.2 Å². The molecule has 0 saturated carbocycles. The second kappa shape index (κ2) is 7.14. The number of amides is 1. The molecule has 0 aliphatic carbocycles. The quantitative estimate of drug-likeness (QED) is 0.737. The first-order valence-corrected chi connectivity index (χ1v) is 8.93. The van der Waals surface area contributed by atoms with E-state index in [0.717, 1.165) is 0 Å². The van der Waals surface area contributed by atoms with Crippen molar-refractivity contribution in [2.45, 2.75) is 4.90 Å². The van der Waals surface area contributed by atoms with Crippen LogP contribution in [0, 0.1) is 0 Å². The summed E-state index contributed by atoms with van der Waals surface area (Å²) in [7, 11) is -3.78. The van der Waals surface area contributed by atoms with Crippen LogP contribution in [0.3, 0.4) is 0 Å². The van der Waals surface area contributed by atoms with Crippen LogP contribution in [-0.2, 0) is 10.0 Å². The van der Waals surface area contributed by atoms with Crippen molar-refractivity contribution in [3.8, 4) is 0 Å². The van der Waals surface area contributed by atoms with Gasteiger partial charge in [-0.1, -0.05) is 30.3 Å². The summed E-state index contributed by atoms with van der Waals surface area (Å²) in [6.45, 7) is 0. The molecule has 0 fully saturated rings. The molecule has 0 spiro atoms.